The third kappa shape index (κ3) is 6.65. The first kappa shape index (κ1) is 28.1. The Kier molecular flexibility index (Phi) is 8.58. The predicted octanol–water partition coefficient (Wildman–Crippen LogP) is 4.88. The molecule has 0 spiro atoms. The Labute approximate surface area is 215 Å². The normalized spacial score (nSPS) is 18.6. The van der Waals surface area contributed by atoms with Crippen LogP contribution in [0.4, 0.5) is 13.2 Å². The van der Waals surface area contributed by atoms with Gasteiger partial charge in [0, 0.05) is 36.2 Å². The number of fused-ring (bicyclic) bond motifs is 1. The van der Waals surface area contributed by atoms with Crippen LogP contribution in [-0.2, 0) is 20.7 Å². The van der Waals surface area contributed by atoms with Crippen molar-refractivity contribution >= 4 is 23.8 Å². The number of halogens is 3. The minimum atomic E-state index is -1.63. The van der Waals surface area contributed by atoms with Crippen molar-refractivity contribution in [3.63, 3.8) is 0 Å². The maximum Gasteiger partial charge on any atom is 0.330 e. The quantitative estimate of drug-likeness (QED) is 0.246. The van der Waals surface area contributed by atoms with Crippen molar-refractivity contribution in [2.45, 2.75) is 58.3 Å². The van der Waals surface area contributed by atoms with Gasteiger partial charge in [0.2, 0.25) is 5.91 Å². The average molecular weight is 516 g/mol. The zero-order valence-electron chi connectivity index (χ0n) is 21.6. The fourth-order valence-corrected chi connectivity index (χ4v) is 4.55. The number of nitrogens with zero attached hydrogens (tertiary/aromatic N) is 2. The summed E-state index contributed by atoms with van der Waals surface area (Å²) in [4.78, 5) is 28.8. The van der Waals surface area contributed by atoms with Gasteiger partial charge in [-0.1, -0.05) is 19.1 Å². The topological polar surface area (TPSA) is 85.0 Å². The molecule has 1 aliphatic rings. The van der Waals surface area contributed by atoms with Gasteiger partial charge in [-0.15, -0.1) is 0 Å². The zero-order chi connectivity index (χ0) is 27.5. The summed E-state index contributed by atoms with van der Waals surface area (Å²) >= 11 is 0. The van der Waals surface area contributed by atoms with Crippen LogP contribution in [0.3, 0.4) is 0 Å². The number of ether oxygens (including phenoxy) is 1. The molecule has 0 saturated carbocycles. The molecule has 6 nitrogen and oxygen atoms in total. The molecule has 2 N–H and O–H groups in total. The highest BCUT2D eigenvalue weighted by Crippen LogP contribution is 2.41. The lowest BCUT2D eigenvalue weighted by atomic mass is 9.82. The van der Waals surface area contributed by atoms with Crippen molar-refractivity contribution in [1.82, 2.24) is 4.90 Å². The van der Waals surface area contributed by atoms with E-state index in [1.165, 1.54) is 27.0 Å². The van der Waals surface area contributed by atoms with Crippen LogP contribution in [-0.4, -0.2) is 48.0 Å². The number of amides is 1. The Morgan fingerprint density at radius 3 is 2.43 bits per heavy atom. The second-order valence-electron chi connectivity index (χ2n) is 9.76. The smallest absolute Gasteiger partial charge is 0.330 e. The van der Waals surface area contributed by atoms with Gasteiger partial charge >= 0.3 is 5.97 Å². The van der Waals surface area contributed by atoms with Gasteiger partial charge < -0.3 is 10.5 Å². The molecule has 2 unspecified atom stereocenters. The van der Waals surface area contributed by atoms with Gasteiger partial charge in [0.05, 0.1) is 13.2 Å². The molecule has 1 heterocycles. The van der Waals surface area contributed by atoms with Gasteiger partial charge in [0.15, 0.2) is 0 Å². The number of nitrogens with two attached hydrogens (primary N) is 1. The number of methoxy groups -OCH3 is 1. The molecule has 3 rings (SSSR count). The van der Waals surface area contributed by atoms with Crippen LogP contribution in [0, 0.1) is 11.6 Å². The van der Waals surface area contributed by atoms with E-state index in [0.717, 1.165) is 23.8 Å². The standard InChI is InChI=1S/C28H32F3N3O3/c1-6-23(35)33-27(32)18-8-9-20-19(14-18)11-16(2)34(15-28(3,4)31)26(20)25-21(29)12-17(13-22(25)30)7-10-24(36)37-5/h7-10,12-14,16,26H,6,11,15H2,1-5H3,(H2,32,33,35)/b10-7+. The van der Waals surface area contributed by atoms with Crippen molar-refractivity contribution in [2.24, 2.45) is 10.7 Å². The summed E-state index contributed by atoms with van der Waals surface area (Å²) in [5, 5.41) is 0. The highest BCUT2D eigenvalue weighted by Gasteiger charge is 2.39. The summed E-state index contributed by atoms with van der Waals surface area (Å²) in [6, 6.07) is 6.18. The first-order valence-corrected chi connectivity index (χ1v) is 12.0. The van der Waals surface area contributed by atoms with Crippen LogP contribution < -0.4 is 5.73 Å². The summed E-state index contributed by atoms with van der Waals surface area (Å²) in [7, 11) is 1.20. The van der Waals surface area contributed by atoms with Gasteiger partial charge in [0.1, 0.15) is 23.1 Å². The molecule has 198 valence electrons. The van der Waals surface area contributed by atoms with Crippen LogP contribution in [0.1, 0.15) is 68.0 Å². The van der Waals surface area contributed by atoms with Gasteiger partial charge in [0.25, 0.3) is 0 Å². The maximum absolute atomic E-state index is 15.5. The van der Waals surface area contributed by atoms with E-state index in [9.17, 15) is 14.0 Å². The molecule has 1 amide bonds. The number of aliphatic imine (C=N–C) groups is 1. The van der Waals surface area contributed by atoms with Gasteiger partial charge in [-0.2, -0.15) is 4.99 Å². The van der Waals surface area contributed by atoms with Crippen LogP contribution in [0.5, 0.6) is 0 Å². The lowest BCUT2D eigenvalue weighted by Crippen LogP contribution is -2.48. The number of alkyl halides is 1. The average Bonchev–Trinajstić information content (AvgIpc) is 2.82. The molecule has 0 fully saturated rings. The van der Waals surface area contributed by atoms with Crippen molar-refractivity contribution in [3.8, 4) is 0 Å². The molecule has 2 aromatic carbocycles. The van der Waals surface area contributed by atoms with Crippen molar-refractivity contribution in [3.05, 3.63) is 75.9 Å². The third-order valence-corrected chi connectivity index (χ3v) is 6.24. The first-order chi connectivity index (χ1) is 17.3. The molecular formula is C28H32F3N3O3. The highest BCUT2D eigenvalue weighted by molar-refractivity contribution is 6.04. The third-order valence-electron chi connectivity index (χ3n) is 6.24. The van der Waals surface area contributed by atoms with Crippen molar-refractivity contribution < 1.29 is 27.5 Å². The molecule has 9 heteroatoms. The SMILES string of the molecule is CCC(=O)N=C(N)c1ccc2c(c1)CC(C)N(CC(C)(C)F)C2c1c(F)cc(/C=C/C(=O)OC)cc1F. The molecule has 0 aromatic heterocycles. The summed E-state index contributed by atoms with van der Waals surface area (Å²) < 4.78 is 50.5. The Morgan fingerprint density at radius 1 is 1.22 bits per heavy atom. The Morgan fingerprint density at radius 2 is 1.86 bits per heavy atom. The largest absolute Gasteiger partial charge is 0.466 e. The molecule has 37 heavy (non-hydrogen) atoms. The molecule has 2 atom stereocenters. The number of carbonyl (C=O) groups excluding carboxylic acids is 2. The summed E-state index contributed by atoms with van der Waals surface area (Å²) in [6.07, 6.45) is 3.02. The summed E-state index contributed by atoms with van der Waals surface area (Å²) in [5.41, 5.74) is 6.23. The van der Waals surface area contributed by atoms with Crippen molar-refractivity contribution in [1.29, 1.82) is 0 Å². The minimum absolute atomic E-state index is 0.0580. The van der Waals surface area contributed by atoms with Crippen LogP contribution in [0.25, 0.3) is 6.08 Å². The number of esters is 1. The minimum Gasteiger partial charge on any atom is -0.466 e. The Hall–Kier alpha value is -3.46. The van der Waals surface area contributed by atoms with E-state index in [4.69, 9.17) is 5.73 Å². The Balaban J connectivity index is 2.16. The van der Waals surface area contributed by atoms with Gasteiger partial charge in [-0.05, 0) is 68.2 Å². The van der Waals surface area contributed by atoms with E-state index in [0.29, 0.717) is 17.5 Å². The monoisotopic (exact) mass is 515 g/mol. The number of rotatable bonds is 7. The fraction of sp³-hybridized carbons (Fsp3) is 0.393. The lowest BCUT2D eigenvalue weighted by Gasteiger charge is -2.44. The second kappa shape index (κ2) is 11.3. The first-order valence-electron chi connectivity index (χ1n) is 12.0. The Bertz CT molecular complexity index is 1230. The predicted molar refractivity (Wildman–Crippen MR) is 137 cm³/mol. The van der Waals surface area contributed by atoms with Crippen molar-refractivity contribution in [2.75, 3.05) is 13.7 Å². The maximum atomic E-state index is 15.5. The molecule has 1 aliphatic heterocycles. The fourth-order valence-electron chi connectivity index (χ4n) is 4.55. The van der Waals surface area contributed by atoms with E-state index in [2.05, 4.69) is 9.73 Å². The molecule has 0 saturated heterocycles. The summed E-state index contributed by atoms with van der Waals surface area (Å²) in [6.45, 7) is 6.33. The number of hydrogen-bond donors (Lipinski definition) is 1. The van der Waals surface area contributed by atoms with E-state index < -0.39 is 29.3 Å². The number of carbonyl (C=O) groups is 2. The van der Waals surface area contributed by atoms with E-state index in [-0.39, 0.29) is 41.9 Å². The molecule has 0 radical (unpaired) electrons. The molecule has 0 aliphatic carbocycles. The van der Waals surface area contributed by atoms with E-state index in [1.54, 1.807) is 30.0 Å². The van der Waals surface area contributed by atoms with Crippen LogP contribution >= 0.6 is 0 Å². The molecule has 0 bridgehead atoms. The van der Waals surface area contributed by atoms with Crippen LogP contribution in [0.2, 0.25) is 0 Å². The van der Waals surface area contributed by atoms with E-state index in [1.807, 2.05) is 6.92 Å². The number of benzene rings is 2. The highest BCUT2D eigenvalue weighted by atomic mass is 19.1. The molecular weight excluding hydrogens is 483 g/mol. The van der Waals surface area contributed by atoms with Gasteiger partial charge in [-0.25, -0.2) is 18.0 Å². The zero-order valence-corrected chi connectivity index (χ0v) is 21.6. The lowest BCUT2D eigenvalue weighted by molar-refractivity contribution is -0.134. The summed E-state index contributed by atoms with van der Waals surface area (Å²) in [5.74, 6) is -2.60. The number of amidine groups is 1. The van der Waals surface area contributed by atoms with E-state index >= 15 is 8.78 Å². The second-order valence-corrected chi connectivity index (χ2v) is 9.76. The van der Waals surface area contributed by atoms with Crippen LogP contribution in [0.15, 0.2) is 41.4 Å². The number of hydrogen-bond acceptors (Lipinski definition) is 4. The van der Waals surface area contributed by atoms with Gasteiger partial charge in [-0.3, -0.25) is 9.69 Å². The molecule has 2 aromatic rings.